The molecule has 5 rings (SSSR count). The van der Waals surface area contributed by atoms with Gasteiger partial charge in [-0.15, -0.1) is 0 Å². The minimum absolute atomic E-state index is 0.162. The lowest BCUT2D eigenvalue weighted by Gasteiger charge is -2.56. The lowest BCUT2D eigenvalue weighted by Crippen LogP contribution is -2.50. The third-order valence-electron chi connectivity index (χ3n) is 9.03. The molecule has 4 aliphatic rings. The average Bonchev–Trinajstić information content (AvgIpc) is 3.26. The van der Waals surface area contributed by atoms with E-state index in [9.17, 15) is 9.90 Å². The van der Waals surface area contributed by atoms with Crippen LogP contribution in [0.4, 0.5) is 0 Å². The van der Waals surface area contributed by atoms with E-state index in [0.717, 1.165) is 62.8 Å². The summed E-state index contributed by atoms with van der Waals surface area (Å²) in [7, 11) is 0. The number of rotatable bonds is 2. The van der Waals surface area contributed by atoms with Gasteiger partial charge in [0.1, 0.15) is 0 Å². The van der Waals surface area contributed by atoms with Gasteiger partial charge in [0.25, 0.3) is 0 Å². The van der Waals surface area contributed by atoms with Crippen LogP contribution in [0, 0.1) is 28.6 Å². The highest BCUT2D eigenvalue weighted by Gasteiger charge is 2.59. The Morgan fingerprint density at radius 3 is 2.76 bits per heavy atom. The molecule has 156 valence electrons. The molecule has 0 aliphatic heterocycles. The van der Waals surface area contributed by atoms with E-state index >= 15 is 0 Å². The minimum atomic E-state index is -0.212. The van der Waals surface area contributed by atoms with E-state index in [0.29, 0.717) is 23.5 Å². The number of aliphatic hydroxyl groups excluding tert-OH is 1. The standard InChI is InChI=1S/C25H34N2O2/c1-4-27-12-9-18(26-27)13-16-14-22-20-6-5-17-15-19(28)7-10-24(17,2)21(20)8-11-25(22,3)23(16)29/h5,9,12-13,19-22,28H,4,6-8,10-11,14-15H2,1-3H3/b16-13-/t19-,20-,21+,22+,24-,25+/m0/s1. The van der Waals surface area contributed by atoms with E-state index in [-0.39, 0.29) is 16.9 Å². The highest BCUT2D eigenvalue weighted by atomic mass is 16.3. The van der Waals surface area contributed by atoms with Gasteiger partial charge in [-0.25, -0.2) is 0 Å². The van der Waals surface area contributed by atoms with E-state index < -0.39 is 0 Å². The summed E-state index contributed by atoms with van der Waals surface area (Å²) in [5.74, 6) is 2.04. The Bertz CT molecular complexity index is 896. The number of Topliss-reactive ketones (excluding diaryl/α,β-unsaturated/α-hetero) is 1. The van der Waals surface area contributed by atoms with Gasteiger partial charge in [0.05, 0.1) is 11.8 Å². The van der Waals surface area contributed by atoms with Gasteiger partial charge in [-0.1, -0.05) is 25.5 Å². The fourth-order valence-electron chi connectivity index (χ4n) is 7.25. The summed E-state index contributed by atoms with van der Waals surface area (Å²) in [5, 5.41) is 14.8. The molecule has 4 heteroatoms. The quantitative estimate of drug-likeness (QED) is 0.580. The highest BCUT2D eigenvalue weighted by molar-refractivity contribution is 6.05. The Kier molecular flexibility index (Phi) is 4.43. The van der Waals surface area contributed by atoms with Crippen molar-refractivity contribution < 1.29 is 9.90 Å². The molecule has 6 atom stereocenters. The summed E-state index contributed by atoms with van der Waals surface area (Å²) in [6, 6.07) is 2.01. The number of nitrogens with zero attached hydrogens (tertiary/aromatic N) is 2. The van der Waals surface area contributed by atoms with Crippen LogP contribution in [-0.4, -0.2) is 26.8 Å². The van der Waals surface area contributed by atoms with E-state index in [1.165, 1.54) is 5.57 Å². The molecule has 1 aromatic heterocycles. The zero-order valence-corrected chi connectivity index (χ0v) is 18.0. The molecule has 1 N–H and O–H groups in total. The van der Waals surface area contributed by atoms with Crippen LogP contribution in [0.1, 0.15) is 71.4 Å². The monoisotopic (exact) mass is 394 g/mol. The van der Waals surface area contributed by atoms with Gasteiger partial charge in [-0.3, -0.25) is 9.48 Å². The van der Waals surface area contributed by atoms with Crippen LogP contribution in [0.2, 0.25) is 0 Å². The molecule has 1 aromatic rings. The van der Waals surface area contributed by atoms with E-state index in [4.69, 9.17) is 0 Å². The number of fused-ring (bicyclic) bond motifs is 5. The molecular formula is C25H34N2O2. The highest BCUT2D eigenvalue weighted by Crippen LogP contribution is 2.64. The predicted molar refractivity (Wildman–Crippen MR) is 114 cm³/mol. The average molecular weight is 395 g/mol. The van der Waals surface area contributed by atoms with Gasteiger partial charge in [0, 0.05) is 18.2 Å². The van der Waals surface area contributed by atoms with Crippen LogP contribution < -0.4 is 0 Å². The first-order valence-electron chi connectivity index (χ1n) is 11.5. The van der Waals surface area contributed by atoms with Gasteiger partial charge in [0.15, 0.2) is 5.78 Å². The van der Waals surface area contributed by atoms with Crippen molar-refractivity contribution in [1.82, 2.24) is 9.78 Å². The van der Waals surface area contributed by atoms with Crippen LogP contribution in [0.3, 0.4) is 0 Å². The molecule has 0 aromatic carbocycles. The topological polar surface area (TPSA) is 55.1 Å². The summed E-state index contributed by atoms with van der Waals surface area (Å²) in [6.45, 7) is 7.60. The molecular weight excluding hydrogens is 360 g/mol. The van der Waals surface area contributed by atoms with E-state index in [2.05, 4.69) is 38.0 Å². The molecule has 3 saturated carbocycles. The molecule has 0 spiro atoms. The van der Waals surface area contributed by atoms with Crippen molar-refractivity contribution in [3.63, 3.8) is 0 Å². The zero-order chi connectivity index (χ0) is 20.4. The summed E-state index contributed by atoms with van der Waals surface area (Å²) < 4.78 is 1.92. The summed E-state index contributed by atoms with van der Waals surface area (Å²) >= 11 is 0. The molecule has 3 fully saturated rings. The van der Waals surface area contributed by atoms with E-state index in [1.54, 1.807) is 0 Å². The number of hydrogen-bond acceptors (Lipinski definition) is 3. The summed E-state index contributed by atoms with van der Waals surface area (Å²) in [4.78, 5) is 13.5. The number of carbonyl (C=O) groups is 1. The maximum absolute atomic E-state index is 13.5. The van der Waals surface area contributed by atoms with Crippen LogP contribution in [0.5, 0.6) is 0 Å². The van der Waals surface area contributed by atoms with Crippen molar-refractivity contribution in [2.45, 2.75) is 78.4 Å². The fourth-order valence-corrected chi connectivity index (χ4v) is 7.25. The lowest BCUT2D eigenvalue weighted by atomic mass is 9.48. The Labute approximate surface area is 174 Å². The maximum atomic E-state index is 13.5. The van der Waals surface area contributed by atoms with Crippen LogP contribution in [0.15, 0.2) is 29.5 Å². The maximum Gasteiger partial charge on any atom is 0.165 e. The summed E-state index contributed by atoms with van der Waals surface area (Å²) in [6.07, 6.45) is 13.3. The smallest absolute Gasteiger partial charge is 0.165 e. The molecule has 1 heterocycles. The van der Waals surface area contributed by atoms with Crippen molar-refractivity contribution in [2.75, 3.05) is 0 Å². The first-order valence-corrected chi connectivity index (χ1v) is 11.5. The Morgan fingerprint density at radius 1 is 1.21 bits per heavy atom. The van der Waals surface area contributed by atoms with Gasteiger partial charge >= 0.3 is 0 Å². The Balaban J connectivity index is 1.46. The lowest BCUT2D eigenvalue weighted by molar-refractivity contribution is -0.130. The second kappa shape index (κ2) is 6.66. The zero-order valence-electron chi connectivity index (χ0n) is 18.0. The van der Waals surface area contributed by atoms with E-state index in [1.807, 2.05) is 16.9 Å². The SMILES string of the molecule is CCn1ccc(/C=C2/C[C@@H]3[C@H]4CC=C5C[C@@H](O)CC[C@]5(C)[C@@H]4CC[C@@]3(C)C2=O)n1. The Morgan fingerprint density at radius 2 is 2.00 bits per heavy atom. The molecule has 0 amide bonds. The number of hydrogen-bond donors (Lipinski definition) is 1. The van der Waals surface area contributed by atoms with Crippen LogP contribution >= 0.6 is 0 Å². The van der Waals surface area contributed by atoms with Crippen LogP contribution in [0.25, 0.3) is 6.08 Å². The third-order valence-corrected chi connectivity index (χ3v) is 9.03. The normalized spacial score (nSPS) is 43.0. The molecule has 0 saturated heterocycles. The Hall–Kier alpha value is -1.68. The third kappa shape index (κ3) is 2.82. The van der Waals surface area contributed by atoms with Crippen molar-refractivity contribution in [3.8, 4) is 0 Å². The number of aliphatic hydroxyl groups is 1. The van der Waals surface area contributed by atoms with Crippen LogP contribution in [-0.2, 0) is 11.3 Å². The minimum Gasteiger partial charge on any atom is -0.393 e. The first-order chi connectivity index (χ1) is 13.8. The number of aryl methyl sites for hydroxylation is 1. The molecule has 4 aliphatic carbocycles. The predicted octanol–water partition coefficient (Wildman–Crippen LogP) is 4.79. The summed E-state index contributed by atoms with van der Waals surface area (Å²) in [5.41, 5.74) is 3.40. The van der Waals surface area contributed by atoms with Crippen molar-refractivity contribution >= 4 is 11.9 Å². The largest absolute Gasteiger partial charge is 0.393 e. The number of allylic oxidation sites excluding steroid dienone is 2. The van der Waals surface area contributed by atoms with Gasteiger partial charge < -0.3 is 5.11 Å². The van der Waals surface area contributed by atoms with Gasteiger partial charge in [-0.2, -0.15) is 5.10 Å². The second-order valence-electron chi connectivity index (χ2n) is 10.4. The molecule has 29 heavy (non-hydrogen) atoms. The van der Waals surface area contributed by atoms with Gasteiger partial charge in [-0.05, 0) is 92.8 Å². The molecule has 0 bridgehead atoms. The number of carbonyl (C=O) groups excluding carboxylic acids is 1. The molecule has 0 unspecified atom stereocenters. The van der Waals surface area contributed by atoms with Crippen molar-refractivity contribution in [3.05, 3.63) is 35.2 Å². The van der Waals surface area contributed by atoms with Crippen molar-refractivity contribution in [2.24, 2.45) is 28.6 Å². The molecule has 4 nitrogen and oxygen atoms in total. The number of ketones is 1. The first kappa shape index (κ1) is 19.3. The fraction of sp³-hybridized carbons (Fsp3) is 0.680. The second-order valence-corrected chi connectivity index (χ2v) is 10.4. The molecule has 0 radical (unpaired) electrons. The number of aromatic nitrogens is 2. The van der Waals surface area contributed by atoms with Crippen molar-refractivity contribution in [1.29, 1.82) is 0 Å². The van der Waals surface area contributed by atoms with Gasteiger partial charge in [0.2, 0.25) is 0 Å².